The number of carbonyl (C=O) groups excluding carboxylic acids is 1. The molecule has 0 unspecified atom stereocenters. The highest BCUT2D eigenvalue weighted by molar-refractivity contribution is 5.87. The van der Waals surface area contributed by atoms with E-state index in [1.807, 2.05) is 35.0 Å². The molecular weight excluding hydrogens is 314 g/mol. The second-order valence-electron chi connectivity index (χ2n) is 7.39. The Morgan fingerprint density at radius 1 is 1.12 bits per heavy atom. The monoisotopic (exact) mass is 341 g/mol. The van der Waals surface area contributed by atoms with Gasteiger partial charge in [0.2, 0.25) is 5.91 Å². The van der Waals surface area contributed by atoms with E-state index in [1.54, 1.807) is 0 Å². The molecule has 4 rings (SSSR count). The topological polar surface area (TPSA) is 60.5 Å². The van der Waals surface area contributed by atoms with Gasteiger partial charge in [-0.25, -0.2) is 0 Å². The molecule has 1 aliphatic heterocycles. The highest BCUT2D eigenvalue weighted by Gasteiger charge is 2.28. The van der Waals surface area contributed by atoms with Crippen molar-refractivity contribution in [3.8, 4) is 5.75 Å². The number of primary amides is 1. The van der Waals surface area contributed by atoms with Crippen LogP contribution in [0.5, 0.6) is 5.75 Å². The fourth-order valence-electron chi connectivity index (χ4n) is 4.41. The zero-order valence-corrected chi connectivity index (χ0v) is 14.7. The number of fused-ring (bicyclic) bond motifs is 1. The lowest BCUT2D eigenvalue weighted by molar-refractivity contribution is -0.118. The van der Waals surface area contributed by atoms with Crippen molar-refractivity contribution in [3.63, 3.8) is 0 Å². The summed E-state index contributed by atoms with van der Waals surface area (Å²) in [6.07, 6.45) is 9.91. The number of amides is 1. The normalized spacial score (nSPS) is 20.3. The summed E-state index contributed by atoms with van der Waals surface area (Å²) in [6, 6.07) is 8.85. The molecule has 5 nitrogen and oxygen atoms in total. The molecule has 2 aromatic rings. The van der Waals surface area contributed by atoms with Crippen molar-refractivity contribution in [2.45, 2.75) is 57.2 Å². The molecular formula is C20H27N3O2. The number of aromatic nitrogens is 1. The number of ether oxygens (including phenoxy) is 1. The standard InChI is InChI=1S/C20H27N3O2/c21-20(24)14-23-13-10-17-18(23)6-3-7-19(17)25-16-8-11-22(12-9-16)15-4-1-2-5-15/h3,6-7,10,13,15-16H,1-2,4-5,8-9,11-12,14H2,(H2,21,24). The van der Waals surface area contributed by atoms with Gasteiger partial charge in [-0.3, -0.25) is 4.79 Å². The zero-order valence-electron chi connectivity index (χ0n) is 14.7. The number of benzene rings is 1. The fraction of sp³-hybridized carbons (Fsp3) is 0.550. The van der Waals surface area contributed by atoms with Crippen LogP contribution in [-0.4, -0.2) is 40.6 Å². The van der Waals surface area contributed by atoms with E-state index in [9.17, 15) is 4.79 Å². The van der Waals surface area contributed by atoms with E-state index in [2.05, 4.69) is 4.90 Å². The van der Waals surface area contributed by atoms with Crippen LogP contribution < -0.4 is 10.5 Å². The van der Waals surface area contributed by atoms with Crippen LogP contribution in [0, 0.1) is 0 Å². The minimum Gasteiger partial charge on any atom is -0.490 e. The van der Waals surface area contributed by atoms with Gasteiger partial charge in [0.05, 0.1) is 5.52 Å². The fourth-order valence-corrected chi connectivity index (χ4v) is 4.41. The number of rotatable bonds is 5. The summed E-state index contributed by atoms with van der Waals surface area (Å²) < 4.78 is 8.22. The van der Waals surface area contributed by atoms with Gasteiger partial charge in [-0.05, 0) is 43.9 Å². The number of piperidine rings is 1. The highest BCUT2D eigenvalue weighted by atomic mass is 16.5. The van der Waals surface area contributed by atoms with Crippen molar-refractivity contribution in [1.82, 2.24) is 9.47 Å². The predicted octanol–water partition coefficient (Wildman–Crippen LogP) is 2.91. The summed E-state index contributed by atoms with van der Waals surface area (Å²) in [5, 5.41) is 1.06. The first-order chi connectivity index (χ1) is 12.2. The van der Waals surface area contributed by atoms with Gasteiger partial charge in [0.15, 0.2) is 0 Å². The van der Waals surface area contributed by atoms with Crippen LogP contribution in [0.3, 0.4) is 0 Å². The maximum Gasteiger partial charge on any atom is 0.237 e. The van der Waals surface area contributed by atoms with Crippen LogP contribution in [0.2, 0.25) is 0 Å². The molecule has 2 heterocycles. The molecule has 1 aliphatic carbocycles. The molecule has 134 valence electrons. The predicted molar refractivity (Wildman–Crippen MR) is 98.6 cm³/mol. The maximum atomic E-state index is 11.2. The van der Waals surface area contributed by atoms with E-state index >= 15 is 0 Å². The first kappa shape index (κ1) is 16.5. The van der Waals surface area contributed by atoms with Crippen molar-refractivity contribution in [2.75, 3.05) is 13.1 Å². The number of nitrogens with two attached hydrogens (primary N) is 1. The molecule has 1 aromatic carbocycles. The summed E-state index contributed by atoms with van der Waals surface area (Å²) in [5.41, 5.74) is 6.33. The second kappa shape index (κ2) is 7.08. The van der Waals surface area contributed by atoms with Gasteiger partial charge in [0.25, 0.3) is 0 Å². The van der Waals surface area contributed by atoms with Gasteiger partial charge < -0.3 is 19.9 Å². The molecule has 0 radical (unpaired) electrons. The molecule has 0 spiro atoms. The van der Waals surface area contributed by atoms with Crippen molar-refractivity contribution in [2.24, 2.45) is 5.73 Å². The van der Waals surface area contributed by atoms with E-state index in [4.69, 9.17) is 10.5 Å². The maximum absolute atomic E-state index is 11.2. The quantitative estimate of drug-likeness (QED) is 0.910. The molecule has 25 heavy (non-hydrogen) atoms. The zero-order chi connectivity index (χ0) is 17.2. The smallest absolute Gasteiger partial charge is 0.237 e. The van der Waals surface area contributed by atoms with Crippen LogP contribution in [0.1, 0.15) is 38.5 Å². The molecule has 1 amide bonds. The van der Waals surface area contributed by atoms with Gasteiger partial charge in [-0.1, -0.05) is 18.9 Å². The van der Waals surface area contributed by atoms with E-state index in [1.165, 1.54) is 25.7 Å². The third kappa shape index (κ3) is 3.52. The lowest BCUT2D eigenvalue weighted by atomic mass is 10.0. The second-order valence-corrected chi connectivity index (χ2v) is 7.39. The Kier molecular flexibility index (Phi) is 4.66. The number of likely N-dealkylation sites (tertiary alicyclic amines) is 1. The Morgan fingerprint density at radius 3 is 2.60 bits per heavy atom. The van der Waals surface area contributed by atoms with Crippen molar-refractivity contribution < 1.29 is 9.53 Å². The lowest BCUT2D eigenvalue weighted by Gasteiger charge is -2.36. The van der Waals surface area contributed by atoms with E-state index < -0.39 is 0 Å². The average molecular weight is 341 g/mol. The number of hydrogen-bond acceptors (Lipinski definition) is 3. The van der Waals surface area contributed by atoms with E-state index in [0.717, 1.165) is 48.6 Å². The average Bonchev–Trinajstić information content (AvgIpc) is 3.26. The third-order valence-electron chi connectivity index (χ3n) is 5.71. The van der Waals surface area contributed by atoms with E-state index in [-0.39, 0.29) is 18.6 Å². The summed E-state index contributed by atoms with van der Waals surface area (Å²) in [7, 11) is 0. The molecule has 0 bridgehead atoms. The largest absolute Gasteiger partial charge is 0.490 e. The van der Waals surface area contributed by atoms with Crippen molar-refractivity contribution >= 4 is 16.8 Å². The van der Waals surface area contributed by atoms with Gasteiger partial charge in [-0.2, -0.15) is 0 Å². The molecule has 1 aromatic heterocycles. The first-order valence-electron chi connectivity index (χ1n) is 9.47. The van der Waals surface area contributed by atoms with Crippen molar-refractivity contribution in [1.29, 1.82) is 0 Å². The Balaban J connectivity index is 1.43. The summed E-state index contributed by atoms with van der Waals surface area (Å²) in [5.74, 6) is 0.586. The van der Waals surface area contributed by atoms with Gasteiger partial charge in [0, 0.05) is 30.7 Å². The summed E-state index contributed by atoms with van der Waals surface area (Å²) in [4.78, 5) is 13.9. The minimum atomic E-state index is -0.330. The van der Waals surface area contributed by atoms with Gasteiger partial charge >= 0.3 is 0 Å². The number of nitrogens with zero attached hydrogens (tertiary/aromatic N) is 2. The molecule has 2 fully saturated rings. The number of hydrogen-bond donors (Lipinski definition) is 1. The third-order valence-corrected chi connectivity index (χ3v) is 5.71. The molecule has 2 aliphatic rings. The highest BCUT2D eigenvalue weighted by Crippen LogP contribution is 2.31. The Bertz CT molecular complexity index is 740. The van der Waals surface area contributed by atoms with Crippen LogP contribution in [0.25, 0.3) is 10.9 Å². The molecule has 2 N–H and O–H groups in total. The van der Waals surface area contributed by atoms with Crippen LogP contribution in [-0.2, 0) is 11.3 Å². The van der Waals surface area contributed by atoms with Crippen LogP contribution >= 0.6 is 0 Å². The Hall–Kier alpha value is -2.01. The Labute approximate surface area is 148 Å². The number of carbonyl (C=O) groups is 1. The molecule has 1 saturated heterocycles. The Morgan fingerprint density at radius 2 is 1.88 bits per heavy atom. The summed E-state index contributed by atoms with van der Waals surface area (Å²) >= 11 is 0. The molecule has 5 heteroatoms. The minimum absolute atomic E-state index is 0.201. The van der Waals surface area contributed by atoms with Gasteiger partial charge in [0.1, 0.15) is 18.4 Å². The van der Waals surface area contributed by atoms with Crippen LogP contribution in [0.4, 0.5) is 0 Å². The van der Waals surface area contributed by atoms with Crippen LogP contribution in [0.15, 0.2) is 30.5 Å². The van der Waals surface area contributed by atoms with Crippen molar-refractivity contribution in [3.05, 3.63) is 30.5 Å². The van der Waals surface area contributed by atoms with Gasteiger partial charge in [-0.15, -0.1) is 0 Å². The molecule has 0 atom stereocenters. The first-order valence-corrected chi connectivity index (χ1v) is 9.47. The van der Waals surface area contributed by atoms with E-state index in [0.29, 0.717) is 0 Å². The SMILES string of the molecule is NC(=O)Cn1ccc2c(OC3CCN(C4CCCC4)CC3)cccc21. The summed E-state index contributed by atoms with van der Waals surface area (Å²) in [6.45, 7) is 2.49. The molecule has 1 saturated carbocycles. The lowest BCUT2D eigenvalue weighted by Crippen LogP contribution is -2.43.